The lowest BCUT2D eigenvalue weighted by molar-refractivity contribution is -0.104. The van der Waals surface area contributed by atoms with Gasteiger partial charge in [-0.2, -0.15) is 0 Å². The summed E-state index contributed by atoms with van der Waals surface area (Å²) in [5.41, 5.74) is 0.926. The normalized spacial score (nSPS) is 11.7. The highest BCUT2D eigenvalue weighted by Crippen LogP contribution is 2.08. The van der Waals surface area contributed by atoms with E-state index < -0.39 is 0 Å². The van der Waals surface area contributed by atoms with Gasteiger partial charge in [0.1, 0.15) is 12.1 Å². The molecule has 0 N–H and O–H groups in total. The summed E-state index contributed by atoms with van der Waals surface area (Å²) in [6.07, 6.45) is 11.0. The number of aldehydes is 1. The Morgan fingerprint density at radius 2 is 1.80 bits per heavy atom. The molecule has 0 saturated heterocycles. The summed E-state index contributed by atoms with van der Waals surface area (Å²) in [6, 6.07) is 0. The predicted molar refractivity (Wildman–Crippen MR) is 60.4 cm³/mol. The first-order valence-electron chi connectivity index (χ1n) is 4.84. The number of carbonyl (C=O) groups is 1. The summed E-state index contributed by atoms with van der Waals surface area (Å²) in [7, 11) is 0. The van der Waals surface area contributed by atoms with Crippen molar-refractivity contribution in [3.8, 4) is 0 Å². The molecule has 0 unspecified atom stereocenters. The summed E-state index contributed by atoms with van der Waals surface area (Å²) in [5.74, 6) is 1.19. The van der Waals surface area contributed by atoms with E-state index in [0.717, 1.165) is 17.7 Å². The van der Waals surface area contributed by atoms with Gasteiger partial charge in [-0.25, -0.2) is 9.97 Å². The van der Waals surface area contributed by atoms with Gasteiger partial charge in [0.2, 0.25) is 0 Å². The monoisotopic (exact) mass is 202 g/mol. The molecule has 1 heterocycles. The molecular weight excluding hydrogens is 188 g/mol. The van der Waals surface area contributed by atoms with Gasteiger partial charge in [0.05, 0.1) is 0 Å². The summed E-state index contributed by atoms with van der Waals surface area (Å²) in [5, 5.41) is 0. The number of hydrogen-bond acceptors (Lipinski definition) is 3. The first kappa shape index (κ1) is 11.3. The van der Waals surface area contributed by atoms with Crippen LogP contribution in [0.4, 0.5) is 0 Å². The molecule has 3 nitrogen and oxygen atoms in total. The first-order chi connectivity index (χ1) is 7.24. The van der Waals surface area contributed by atoms with E-state index in [4.69, 9.17) is 0 Å². The number of hydrogen-bond donors (Lipinski definition) is 0. The smallest absolute Gasteiger partial charge is 0.142 e. The molecule has 0 amide bonds. The van der Waals surface area contributed by atoms with E-state index in [-0.39, 0.29) is 0 Å². The van der Waals surface area contributed by atoms with E-state index in [1.165, 1.54) is 6.08 Å². The molecule has 3 heteroatoms. The lowest BCUT2D eigenvalue weighted by atomic mass is 10.2. The van der Waals surface area contributed by atoms with Crippen LogP contribution in [0.2, 0.25) is 0 Å². The minimum Gasteiger partial charge on any atom is -0.299 e. The molecule has 0 fully saturated rings. The van der Waals surface area contributed by atoms with Crippen LogP contribution in [0.15, 0.2) is 30.6 Å². The Morgan fingerprint density at radius 3 is 2.33 bits per heavy atom. The highest BCUT2D eigenvalue weighted by molar-refractivity contribution is 5.66. The van der Waals surface area contributed by atoms with Crippen LogP contribution >= 0.6 is 0 Å². The Labute approximate surface area is 89.6 Å². The maximum Gasteiger partial charge on any atom is 0.142 e. The second kappa shape index (κ2) is 5.86. The Bertz CT molecular complexity index is 364. The summed E-state index contributed by atoms with van der Waals surface area (Å²) in [4.78, 5) is 18.4. The third-order valence-electron chi connectivity index (χ3n) is 1.80. The molecule has 0 spiro atoms. The molecule has 15 heavy (non-hydrogen) atoms. The highest BCUT2D eigenvalue weighted by Gasteiger charge is 2.00. The van der Waals surface area contributed by atoms with Crippen LogP contribution in [0.1, 0.15) is 31.2 Å². The van der Waals surface area contributed by atoms with Gasteiger partial charge in [-0.3, -0.25) is 4.79 Å². The van der Waals surface area contributed by atoms with Gasteiger partial charge in [-0.1, -0.05) is 32.1 Å². The third kappa shape index (κ3) is 3.85. The fraction of sp³-hybridized carbons (Fsp3) is 0.250. The van der Waals surface area contributed by atoms with Crippen molar-refractivity contribution in [1.29, 1.82) is 0 Å². The molecule has 78 valence electrons. The van der Waals surface area contributed by atoms with Gasteiger partial charge in [-0.15, -0.1) is 0 Å². The van der Waals surface area contributed by atoms with Gasteiger partial charge in [0.15, 0.2) is 0 Å². The SMILES string of the molecule is CC(C)c1ncc(C=CC=CC=O)cn1. The van der Waals surface area contributed by atoms with Crippen LogP contribution in [-0.4, -0.2) is 16.3 Å². The van der Waals surface area contributed by atoms with Crippen LogP contribution in [0.3, 0.4) is 0 Å². The zero-order valence-corrected chi connectivity index (χ0v) is 8.92. The van der Waals surface area contributed by atoms with Gasteiger partial charge in [-0.05, 0) is 6.08 Å². The van der Waals surface area contributed by atoms with Crippen LogP contribution in [-0.2, 0) is 4.79 Å². The molecule has 1 rings (SSSR count). The van der Waals surface area contributed by atoms with E-state index in [0.29, 0.717) is 5.92 Å². The Morgan fingerprint density at radius 1 is 1.13 bits per heavy atom. The van der Waals surface area contributed by atoms with E-state index in [9.17, 15) is 4.79 Å². The molecule has 0 aliphatic carbocycles. The van der Waals surface area contributed by atoms with Crippen LogP contribution in [0.25, 0.3) is 6.08 Å². The molecule has 1 aromatic heterocycles. The van der Waals surface area contributed by atoms with Crippen molar-refractivity contribution in [3.63, 3.8) is 0 Å². The third-order valence-corrected chi connectivity index (χ3v) is 1.80. The average Bonchev–Trinajstić information content (AvgIpc) is 2.25. The second-order valence-electron chi connectivity index (χ2n) is 3.41. The Kier molecular flexibility index (Phi) is 4.41. The lowest BCUT2D eigenvalue weighted by Crippen LogP contribution is -1.96. The van der Waals surface area contributed by atoms with Crippen molar-refractivity contribution in [2.45, 2.75) is 19.8 Å². The molecule has 0 aliphatic heterocycles. The maximum absolute atomic E-state index is 9.99. The summed E-state index contributed by atoms with van der Waals surface area (Å²) < 4.78 is 0. The number of aromatic nitrogens is 2. The quantitative estimate of drug-likeness (QED) is 0.427. The maximum atomic E-state index is 9.99. The second-order valence-corrected chi connectivity index (χ2v) is 3.41. The molecule has 0 aromatic carbocycles. The van der Waals surface area contributed by atoms with E-state index in [1.54, 1.807) is 24.5 Å². The van der Waals surface area contributed by atoms with Crippen molar-refractivity contribution >= 4 is 12.4 Å². The Hall–Kier alpha value is -1.77. The molecule has 0 atom stereocenters. The largest absolute Gasteiger partial charge is 0.299 e. The number of allylic oxidation sites excluding steroid dienone is 3. The van der Waals surface area contributed by atoms with Crippen LogP contribution in [0, 0.1) is 0 Å². The van der Waals surface area contributed by atoms with E-state index in [1.807, 2.05) is 6.08 Å². The standard InChI is InChI=1S/C12H14N2O/c1-10(2)12-13-8-11(9-14-12)6-4-3-5-7-15/h3-10H,1-2H3. The summed E-state index contributed by atoms with van der Waals surface area (Å²) in [6.45, 7) is 4.11. The van der Waals surface area contributed by atoms with Gasteiger partial charge in [0, 0.05) is 23.9 Å². The number of rotatable bonds is 4. The van der Waals surface area contributed by atoms with Crippen molar-refractivity contribution < 1.29 is 4.79 Å². The molecule has 1 aromatic rings. The molecule has 0 radical (unpaired) electrons. The molecule has 0 saturated carbocycles. The van der Waals surface area contributed by atoms with Crippen molar-refractivity contribution in [2.75, 3.05) is 0 Å². The van der Waals surface area contributed by atoms with Crippen molar-refractivity contribution in [3.05, 3.63) is 42.0 Å². The van der Waals surface area contributed by atoms with E-state index in [2.05, 4.69) is 23.8 Å². The van der Waals surface area contributed by atoms with Crippen molar-refractivity contribution in [1.82, 2.24) is 9.97 Å². The van der Waals surface area contributed by atoms with Crippen molar-refractivity contribution in [2.24, 2.45) is 0 Å². The Balaban J connectivity index is 2.68. The van der Waals surface area contributed by atoms with Crippen LogP contribution in [0.5, 0.6) is 0 Å². The zero-order chi connectivity index (χ0) is 11.1. The fourth-order valence-electron chi connectivity index (χ4n) is 1.01. The topological polar surface area (TPSA) is 42.9 Å². The molecule has 0 aliphatic rings. The zero-order valence-electron chi connectivity index (χ0n) is 8.92. The lowest BCUT2D eigenvalue weighted by Gasteiger charge is -2.01. The fourth-order valence-corrected chi connectivity index (χ4v) is 1.01. The van der Waals surface area contributed by atoms with E-state index >= 15 is 0 Å². The number of nitrogens with zero attached hydrogens (tertiary/aromatic N) is 2. The molecule has 0 bridgehead atoms. The minimum atomic E-state index is 0.345. The number of carbonyl (C=O) groups excluding carboxylic acids is 1. The van der Waals surface area contributed by atoms with Gasteiger partial charge < -0.3 is 0 Å². The highest BCUT2D eigenvalue weighted by atomic mass is 16.1. The minimum absolute atomic E-state index is 0.345. The van der Waals surface area contributed by atoms with Crippen LogP contribution < -0.4 is 0 Å². The predicted octanol–water partition coefficient (Wildman–Crippen LogP) is 2.37. The first-order valence-corrected chi connectivity index (χ1v) is 4.84. The van der Waals surface area contributed by atoms with Gasteiger partial charge in [0.25, 0.3) is 0 Å². The molecular formula is C12H14N2O. The van der Waals surface area contributed by atoms with Gasteiger partial charge >= 0.3 is 0 Å². The average molecular weight is 202 g/mol. The summed E-state index contributed by atoms with van der Waals surface area (Å²) >= 11 is 0.